The van der Waals surface area contributed by atoms with Crippen LogP contribution < -0.4 is 16.2 Å². The van der Waals surface area contributed by atoms with E-state index >= 15 is 0 Å². The van der Waals surface area contributed by atoms with Crippen molar-refractivity contribution < 1.29 is 0 Å². The topological polar surface area (TPSA) is 67.1 Å². The standard InChI is InChI=1S/C14H17N5/c1-10-13(18-15)16-9-17-14(10)19-8-4-6-11-5-2-3-7-12(11)19/h2-3,5,7,9H,4,6,8,15H2,1H3,(H,16,17,18). The Morgan fingerprint density at radius 1 is 1.26 bits per heavy atom. The highest BCUT2D eigenvalue weighted by Gasteiger charge is 2.21. The zero-order chi connectivity index (χ0) is 13.2. The highest BCUT2D eigenvalue weighted by Crippen LogP contribution is 2.34. The number of para-hydroxylation sites is 1. The molecule has 5 heteroatoms. The Labute approximate surface area is 112 Å². The third-order valence-electron chi connectivity index (χ3n) is 3.56. The molecule has 0 spiro atoms. The minimum atomic E-state index is 0.674. The molecule has 5 nitrogen and oxygen atoms in total. The number of fused-ring (bicyclic) bond motifs is 1. The Bertz CT molecular complexity index is 596. The Kier molecular flexibility index (Phi) is 3.05. The molecule has 19 heavy (non-hydrogen) atoms. The van der Waals surface area contributed by atoms with Crippen molar-refractivity contribution in [2.24, 2.45) is 5.84 Å². The number of hydrogen-bond acceptors (Lipinski definition) is 5. The molecule has 1 aromatic carbocycles. The minimum Gasteiger partial charge on any atom is -0.326 e. The summed E-state index contributed by atoms with van der Waals surface area (Å²) in [5, 5.41) is 0. The summed E-state index contributed by atoms with van der Waals surface area (Å²) in [6.07, 6.45) is 3.80. The lowest BCUT2D eigenvalue weighted by molar-refractivity contribution is 0.756. The van der Waals surface area contributed by atoms with Gasteiger partial charge in [0, 0.05) is 17.8 Å². The second kappa shape index (κ2) is 4.85. The molecule has 1 aromatic heterocycles. The molecular weight excluding hydrogens is 238 g/mol. The van der Waals surface area contributed by atoms with Crippen molar-refractivity contribution in [2.75, 3.05) is 16.9 Å². The quantitative estimate of drug-likeness (QED) is 0.636. The van der Waals surface area contributed by atoms with E-state index in [9.17, 15) is 0 Å². The maximum absolute atomic E-state index is 5.48. The predicted octanol–water partition coefficient (Wildman–Crippen LogP) is 2.15. The van der Waals surface area contributed by atoms with Gasteiger partial charge in [-0.05, 0) is 31.4 Å². The van der Waals surface area contributed by atoms with Gasteiger partial charge in [-0.3, -0.25) is 0 Å². The Morgan fingerprint density at radius 3 is 2.95 bits per heavy atom. The van der Waals surface area contributed by atoms with Crippen LogP contribution in [0.15, 0.2) is 30.6 Å². The molecule has 0 radical (unpaired) electrons. The average Bonchev–Trinajstić information content (AvgIpc) is 2.47. The monoisotopic (exact) mass is 255 g/mol. The first-order valence-corrected chi connectivity index (χ1v) is 6.45. The number of benzene rings is 1. The van der Waals surface area contributed by atoms with Gasteiger partial charge in [-0.1, -0.05) is 18.2 Å². The summed E-state index contributed by atoms with van der Waals surface area (Å²) in [6, 6.07) is 8.48. The van der Waals surface area contributed by atoms with Crippen molar-refractivity contribution >= 4 is 17.3 Å². The van der Waals surface area contributed by atoms with E-state index < -0.39 is 0 Å². The molecule has 0 aliphatic carbocycles. The summed E-state index contributed by atoms with van der Waals surface area (Å²) in [7, 11) is 0. The van der Waals surface area contributed by atoms with E-state index in [1.165, 1.54) is 11.3 Å². The van der Waals surface area contributed by atoms with Gasteiger partial charge < -0.3 is 10.3 Å². The van der Waals surface area contributed by atoms with Crippen molar-refractivity contribution in [1.82, 2.24) is 9.97 Å². The van der Waals surface area contributed by atoms with E-state index in [2.05, 4.69) is 44.6 Å². The fourth-order valence-corrected chi connectivity index (χ4v) is 2.61. The minimum absolute atomic E-state index is 0.674. The van der Waals surface area contributed by atoms with Crippen LogP contribution >= 0.6 is 0 Å². The first-order chi connectivity index (χ1) is 9.31. The molecular formula is C14H17N5. The molecule has 1 aliphatic heterocycles. The molecule has 0 unspecified atom stereocenters. The van der Waals surface area contributed by atoms with Crippen molar-refractivity contribution in [3.63, 3.8) is 0 Å². The summed E-state index contributed by atoms with van der Waals surface area (Å²) in [5.41, 5.74) is 6.20. The second-order valence-corrected chi connectivity index (χ2v) is 4.70. The Morgan fingerprint density at radius 2 is 2.11 bits per heavy atom. The molecule has 0 saturated heterocycles. The summed E-state index contributed by atoms with van der Waals surface area (Å²) in [4.78, 5) is 10.8. The molecule has 1 aliphatic rings. The van der Waals surface area contributed by atoms with Gasteiger partial charge in [-0.2, -0.15) is 0 Å². The summed E-state index contributed by atoms with van der Waals surface area (Å²) in [5.74, 6) is 7.09. The van der Waals surface area contributed by atoms with E-state index in [-0.39, 0.29) is 0 Å². The fourth-order valence-electron chi connectivity index (χ4n) is 2.61. The molecule has 0 saturated carbocycles. The van der Waals surface area contributed by atoms with Crippen molar-refractivity contribution in [3.05, 3.63) is 41.7 Å². The lowest BCUT2D eigenvalue weighted by atomic mass is 10.0. The van der Waals surface area contributed by atoms with Crippen LogP contribution in [0.1, 0.15) is 17.5 Å². The van der Waals surface area contributed by atoms with Gasteiger partial charge in [0.15, 0.2) is 0 Å². The zero-order valence-corrected chi connectivity index (χ0v) is 10.9. The largest absolute Gasteiger partial charge is 0.326 e. The smallest absolute Gasteiger partial charge is 0.148 e. The van der Waals surface area contributed by atoms with Crippen LogP contribution in [0.25, 0.3) is 0 Å². The lowest BCUT2D eigenvalue weighted by Gasteiger charge is -2.31. The van der Waals surface area contributed by atoms with Crippen molar-refractivity contribution in [1.29, 1.82) is 0 Å². The zero-order valence-electron chi connectivity index (χ0n) is 10.9. The third kappa shape index (κ3) is 2.02. The number of nitrogens with zero attached hydrogens (tertiary/aromatic N) is 3. The molecule has 3 N–H and O–H groups in total. The van der Waals surface area contributed by atoms with Gasteiger partial charge >= 0.3 is 0 Å². The first kappa shape index (κ1) is 11.9. The molecule has 0 amide bonds. The average molecular weight is 255 g/mol. The number of nitrogen functional groups attached to an aromatic ring is 1. The normalized spacial score (nSPS) is 14.1. The maximum Gasteiger partial charge on any atom is 0.148 e. The van der Waals surface area contributed by atoms with E-state index in [0.717, 1.165) is 30.8 Å². The second-order valence-electron chi connectivity index (χ2n) is 4.70. The van der Waals surface area contributed by atoms with Gasteiger partial charge in [0.2, 0.25) is 0 Å². The predicted molar refractivity (Wildman–Crippen MR) is 76.3 cm³/mol. The molecule has 0 atom stereocenters. The van der Waals surface area contributed by atoms with Crippen molar-refractivity contribution in [2.45, 2.75) is 19.8 Å². The number of aryl methyl sites for hydroxylation is 1. The van der Waals surface area contributed by atoms with Crippen LogP contribution in [0.3, 0.4) is 0 Å². The Balaban J connectivity index is 2.09. The van der Waals surface area contributed by atoms with Crippen LogP contribution in [0.2, 0.25) is 0 Å². The number of aromatic nitrogens is 2. The molecule has 3 rings (SSSR count). The number of hydrogen-bond donors (Lipinski definition) is 2. The van der Waals surface area contributed by atoms with E-state index in [0.29, 0.717) is 5.82 Å². The van der Waals surface area contributed by atoms with Gasteiger partial charge in [-0.25, -0.2) is 15.8 Å². The van der Waals surface area contributed by atoms with Crippen LogP contribution in [-0.4, -0.2) is 16.5 Å². The molecule has 0 bridgehead atoms. The van der Waals surface area contributed by atoms with Crippen molar-refractivity contribution in [3.8, 4) is 0 Å². The number of hydrazine groups is 1. The van der Waals surface area contributed by atoms with E-state index in [4.69, 9.17) is 5.84 Å². The van der Waals surface area contributed by atoms with E-state index in [1.807, 2.05) is 6.92 Å². The SMILES string of the molecule is Cc1c(NN)ncnc1N1CCCc2ccccc21. The van der Waals surface area contributed by atoms with E-state index in [1.54, 1.807) is 6.33 Å². The summed E-state index contributed by atoms with van der Waals surface area (Å²) in [6.45, 7) is 2.96. The highest BCUT2D eigenvalue weighted by atomic mass is 15.3. The van der Waals surface area contributed by atoms with Gasteiger partial charge in [-0.15, -0.1) is 0 Å². The molecule has 98 valence electrons. The maximum atomic E-state index is 5.48. The lowest BCUT2D eigenvalue weighted by Crippen LogP contribution is -2.26. The fraction of sp³-hybridized carbons (Fsp3) is 0.286. The Hall–Kier alpha value is -2.14. The van der Waals surface area contributed by atoms with Crippen LogP contribution in [0.4, 0.5) is 17.3 Å². The first-order valence-electron chi connectivity index (χ1n) is 6.45. The molecule has 0 fully saturated rings. The third-order valence-corrected chi connectivity index (χ3v) is 3.56. The van der Waals surface area contributed by atoms with Gasteiger partial charge in [0.25, 0.3) is 0 Å². The van der Waals surface area contributed by atoms with Crippen LogP contribution in [0, 0.1) is 6.92 Å². The molecule has 2 aromatic rings. The molecule has 2 heterocycles. The van der Waals surface area contributed by atoms with Crippen LogP contribution in [-0.2, 0) is 6.42 Å². The number of nitrogens with one attached hydrogen (secondary N) is 1. The van der Waals surface area contributed by atoms with Crippen LogP contribution in [0.5, 0.6) is 0 Å². The van der Waals surface area contributed by atoms with Gasteiger partial charge in [0.1, 0.15) is 18.0 Å². The number of rotatable bonds is 2. The number of nitrogens with two attached hydrogens (primary N) is 1. The number of anilines is 3. The summed E-state index contributed by atoms with van der Waals surface area (Å²) >= 11 is 0. The summed E-state index contributed by atoms with van der Waals surface area (Å²) < 4.78 is 0. The highest BCUT2D eigenvalue weighted by molar-refractivity contribution is 5.70. The van der Waals surface area contributed by atoms with Gasteiger partial charge in [0.05, 0.1) is 0 Å².